The minimum atomic E-state index is -3.56. The minimum Gasteiger partial charge on any atom is -0.225 e. The van der Waals surface area contributed by atoms with Gasteiger partial charge in [0, 0.05) is 13.0 Å². The predicted octanol–water partition coefficient (Wildman–Crippen LogP) is 0.822. The molecule has 0 unspecified atom stereocenters. The molecule has 0 radical (unpaired) electrons. The Balaban J connectivity index is 2.64. The molecule has 86 valence electrons. The van der Waals surface area contributed by atoms with E-state index in [-0.39, 0.29) is 16.7 Å². The molecule has 5 nitrogen and oxygen atoms in total. The Labute approximate surface area is 99.3 Å². The number of hydrogen-bond acceptors (Lipinski definition) is 4. The summed E-state index contributed by atoms with van der Waals surface area (Å²) in [7, 11) is -3.56. The van der Waals surface area contributed by atoms with E-state index in [1.165, 1.54) is 0 Å². The lowest BCUT2D eigenvalue weighted by Crippen LogP contribution is -2.25. The molecular formula is C9H10ClN3O2S. The predicted molar refractivity (Wildman–Crippen MR) is 60.3 cm³/mol. The molecule has 1 aromatic rings. The molecule has 1 rings (SSSR count). The Kier molecular flexibility index (Phi) is 4.68. The van der Waals surface area contributed by atoms with Gasteiger partial charge in [0.25, 0.3) is 0 Å². The van der Waals surface area contributed by atoms with E-state index in [4.69, 9.17) is 18.0 Å². The van der Waals surface area contributed by atoms with E-state index < -0.39 is 10.0 Å². The molecule has 1 N–H and O–H groups in total. The summed E-state index contributed by atoms with van der Waals surface area (Å²) in [6.45, 7) is 0.287. The van der Waals surface area contributed by atoms with Gasteiger partial charge in [-0.3, -0.25) is 0 Å². The average molecular weight is 260 g/mol. The largest absolute Gasteiger partial charge is 0.243 e. The maximum absolute atomic E-state index is 11.6. The maximum atomic E-state index is 11.6. The third-order valence-corrected chi connectivity index (χ3v) is 3.31. The Hall–Kier alpha value is -1.16. The first-order chi connectivity index (χ1) is 7.56. The zero-order valence-corrected chi connectivity index (χ0v) is 9.92. The Bertz CT molecular complexity index is 478. The van der Waals surface area contributed by atoms with E-state index in [2.05, 4.69) is 20.6 Å². The second-order valence-corrected chi connectivity index (χ2v) is 5.00. The highest BCUT2D eigenvalue weighted by Crippen LogP contribution is 2.07. The number of hydrogen-bond donors (Lipinski definition) is 1. The fourth-order valence-electron chi connectivity index (χ4n) is 0.920. The van der Waals surface area contributed by atoms with Gasteiger partial charge in [-0.1, -0.05) is 0 Å². The third-order valence-electron chi connectivity index (χ3n) is 1.70. The van der Waals surface area contributed by atoms with Crippen LogP contribution < -0.4 is 4.72 Å². The summed E-state index contributed by atoms with van der Waals surface area (Å²) in [4.78, 5) is 7.17. The molecule has 0 atom stereocenters. The van der Waals surface area contributed by atoms with Gasteiger partial charge in [0.05, 0.1) is 12.4 Å². The van der Waals surface area contributed by atoms with Crippen molar-refractivity contribution in [3.05, 3.63) is 17.7 Å². The van der Waals surface area contributed by atoms with E-state index >= 15 is 0 Å². The molecule has 0 bridgehead atoms. The second-order valence-electron chi connectivity index (χ2n) is 2.89. The van der Waals surface area contributed by atoms with Gasteiger partial charge >= 0.3 is 0 Å². The molecule has 16 heavy (non-hydrogen) atoms. The first kappa shape index (κ1) is 12.9. The number of aromatic nitrogens is 2. The van der Waals surface area contributed by atoms with Gasteiger partial charge in [-0.15, -0.1) is 12.3 Å². The highest BCUT2D eigenvalue weighted by molar-refractivity contribution is 7.89. The van der Waals surface area contributed by atoms with E-state index in [9.17, 15) is 8.42 Å². The maximum Gasteiger partial charge on any atom is 0.243 e. The number of unbranched alkanes of at least 4 members (excludes halogenated alkanes) is 1. The third kappa shape index (κ3) is 3.77. The van der Waals surface area contributed by atoms with Crippen molar-refractivity contribution in [3.63, 3.8) is 0 Å². The zero-order valence-electron chi connectivity index (χ0n) is 8.35. The van der Waals surface area contributed by atoms with Crippen LogP contribution in [0.15, 0.2) is 17.3 Å². The van der Waals surface area contributed by atoms with Crippen molar-refractivity contribution in [2.75, 3.05) is 6.54 Å². The topological polar surface area (TPSA) is 72.0 Å². The molecule has 0 aliphatic heterocycles. The van der Waals surface area contributed by atoms with E-state index in [0.29, 0.717) is 12.8 Å². The number of nitrogens with zero attached hydrogens (tertiary/aromatic N) is 2. The van der Waals surface area contributed by atoms with Crippen molar-refractivity contribution in [1.29, 1.82) is 0 Å². The molecule has 0 amide bonds. The van der Waals surface area contributed by atoms with Crippen LogP contribution in [-0.2, 0) is 10.0 Å². The van der Waals surface area contributed by atoms with Crippen molar-refractivity contribution in [2.45, 2.75) is 17.7 Å². The summed E-state index contributed by atoms with van der Waals surface area (Å²) in [5, 5.41) is 0.00582. The SMILES string of the molecule is C#CCCCNS(=O)(=O)c1cnc(Cl)nc1. The fourth-order valence-corrected chi connectivity index (χ4v) is 1.98. The molecular weight excluding hydrogens is 250 g/mol. The molecule has 1 aromatic heterocycles. The van der Waals surface area contributed by atoms with Crippen molar-refractivity contribution in [1.82, 2.24) is 14.7 Å². The number of nitrogens with one attached hydrogen (secondary N) is 1. The lowest BCUT2D eigenvalue weighted by atomic mass is 10.3. The van der Waals surface area contributed by atoms with Crippen LogP contribution in [0.4, 0.5) is 0 Å². The van der Waals surface area contributed by atoms with Crippen LogP contribution in [0.25, 0.3) is 0 Å². The van der Waals surface area contributed by atoms with Gasteiger partial charge in [-0.05, 0) is 18.0 Å². The van der Waals surface area contributed by atoms with Gasteiger partial charge in [0.15, 0.2) is 0 Å². The van der Waals surface area contributed by atoms with Crippen molar-refractivity contribution >= 4 is 21.6 Å². The summed E-state index contributed by atoms with van der Waals surface area (Å²) >= 11 is 5.45. The van der Waals surface area contributed by atoms with Gasteiger partial charge in [0.2, 0.25) is 15.3 Å². The number of sulfonamides is 1. The summed E-state index contributed by atoms with van der Waals surface area (Å²) in [5.41, 5.74) is 0. The number of rotatable bonds is 5. The Morgan fingerprint density at radius 3 is 2.62 bits per heavy atom. The molecule has 1 heterocycles. The van der Waals surface area contributed by atoms with Crippen LogP contribution >= 0.6 is 11.6 Å². The molecule has 0 aliphatic rings. The second kappa shape index (κ2) is 5.80. The lowest BCUT2D eigenvalue weighted by Gasteiger charge is -2.04. The zero-order chi connectivity index (χ0) is 12.0. The van der Waals surface area contributed by atoms with E-state index in [0.717, 1.165) is 12.4 Å². The quantitative estimate of drug-likeness (QED) is 0.483. The van der Waals surface area contributed by atoms with Crippen LogP contribution in [0.1, 0.15) is 12.8 Å². The monoisotopic (exact) mass is 259 g/mol. The van der Waals surface area contributed by atoms with Crippen LogP contribution in [-0.4, -0.2) is 24.9 Å². The summed E-state index contributed by atoms with van der Waals surface area (Å²) in [5.74, 6) is 2.42. The van der Waals surface area contributed by atoms with Gasteiger partial charge in [-0.2, -0.15) is 0 Å². The molecule has 0 fully saturated rings. The van der Waals surface area contributed by atoms with Gasteiger partial charge in [0.1, 0.15) is 4.90 Å². The first-order valence-corrected chi connectivity index (χ1v) is 6.33. The Morgan fingerprint density at radius 1 is 1.44 bits per heavy atom. The first-order valence-electron chi connectivity index (χ1n) is 4.47. The number of terminal acetylenes is 1. The van der Waals surface area contributed by atoms with Crippen LogP contribution in [0, 0.1) is 12.3 Å². The Morgan fingerprint density at radius 2 is 2.06 bits per heavy atom. The van der Waals surface area contributed by atoms with E-state index in [1.807, 2.05) is 0 Å². The normalized spacial score (nSPS) is 11.0. The molecule has 0 saturated carbocycles. The van der Waals surface area contributed by atoms with Crippen molar-refractivity contribution < 1.29 is 8.42 Å². The molecule has 0 spiro atoms. The lowest BCUT2D eigenvalue weighted by molar-refractivity contribution is 0.578. The average Bonchev–Trinajstić information content (AvgIpc) is 2.25. The smallest absolute Gasteiger partial charge is 0.225 e. The van der Waals surface area contributed by atoms with Crippen LogP contribution in [0.2, 0.25) is 5.28 Å². The fraction of sp³-hybridized carbons (Fsp3) is 0.333. The van der Waals surface area contributed by atoms with Crippen molar-refractivity contribution in [2.24, 2.45) is 0 Å². The minimum absolute atomic E-state index is 0.00582. The van der Waals surface area contributed by atoms with Crippen LogP contribution in [0.5, 0.6) is 0 Å². The molecule has 0 aromatic carbocycles. The molecule has 0 saturated heterocycles. The van der Waals surface area contributed by atoms with Crippen molar-refractivity contribution in [3.8, 4) is 12.3 Å². The molecule has 7 heteroatoms. The van der Waals surface area contributed by atoms with Gasteiger partial charge in [-0.25, -0.2) is 23.1 Å². The summed E-state index contributed by atoms with van der Waals surface area (Å²) < 4.78 is 25.6. The molecule has 0 aliphatic carbocycles. The van der Waals surface area contributed by atoms with Crippen LogP contribution in [0.3, 0.4) is 0 Å². The summed E-state index contributed by atoms with van der Waals surface area (Å²) in [6.07, 6.45) is 8.46. The van der Waals surface area contributed by atoms with Gasteiger partial charge < -0.3 is 0 Å². The highest BCUT2D eigenvalue weighted by Gasteiger charge is 2.13. The summed E-state index contributed by atoms with van der Waals surface area (Å²) in [6, 6.07) is 0. The highest BCUT2D eigenvalue weighted by atomic mass is 35.5. The standard InChI is InChI=1S/C9H10ClN3O2S/c1-2-3-4-5-13-16(14,15)8-6-11-9(10)12-7-8/h1,6-7,13H,3-5H2. The van der Waals surface area contributed by atoms with E-state index in [1.54, 1.807) is 0 Å². The number of halogens is 1.